The molecule has 0 aromatic heterocycles. The Morgan fingerprint density at radius 1 is 1.08 bits per heavy atom. The molecule has 2 aromatic rings. The van der Waals surface area contributed by atoms with Gasteiger partial charge < -0.3 is 10.2 Å². The van der Waals surface area contributed by atoms with E-state index in [4.69, 9.17) is 0 Å². The minimum Gasteiger partial charge on any atom is -0.367 e. The minimum atomic E-state index is -0.373. The predicted octanol–water partition coefficient (Wildman–Crippen LogP) is 1.61. The summed E-state index contributed by atoms with van der Waals surface area (Å²) < 4.78 is 0. The van der Waals surface area contributed by atoms with Gasteiger partial charge in [-0.05, 0) is 54.7 Å². The van der Waals surface area contributed by atoms with Gasteiger partial charge in [0.25, 0.3) is 0 Å². The Morgan fingerprint density at radius 2 is 1.88 bits per heavy atom. The van der Waals surface area contributed by atoms with Gasteiger partial charge in [-0.1, -0.05) is 30.3 Å². The van der Waals surface area contributed by atoms with Crippen LogP contribution in [0.3, 0.4) is 0 Å². The number of aryl methyl sites for hydroxylation is 2. The topological polar surface area (TPSA) is 68.4 Å². The molecular weight excluding hydrogens is 326 g/mol. The second-order valence-corrected chi connectivity index (χ2v) is 7.09. The number of nitrogens with one attached hydrogen (secondary N) is 4. The number of fused-ring (bicyclic) bond motifs is 1. The van der Waals surface area contributed by atoms with Crippen molar-refractivity contribution in [3.63, 3.8) is 0 Å². The third kappa shape index (κ3) is 3.31. The lowest BCUT2D eigenvalue weighted by Crippen LogP contribution is -2.52. The van der Waals surface area contributed by atoms with Crippen LogP contribution >= 0.6 is 0 Å². The fourth-order valence-electron chi connectivity index (χ4n) is 3.58. The number of carbonyl (C=O) groups excluding carboxylic acids is 1. The molecule has 6 heteroatoms. The van der Waals surface area contributed by atoms with Crippen LogP contribution in [-0.2, 0) is 17.8 Å². The van der Waals surface area contributed by atoms with Crippen LogP contribution in [-0.4, -0.2) is 29.6 Å². The summed E-state index contributed by atoms with van der Waals surface area (Å²) >= 11 is 0. The number of hydrogen-bond acceptors (Lipinski definition) is 5. The molecule has 0 radical (unpaired) electrons. The van der Waals surface area contributed by atoms with Gasteiger partial charge in [-0.3, -0.25) is 4.79 Å². The maximum absolute atomic E-state index is 13.1. The Kier molecular flexibility index (Phi) is 4.63. The van der Waals surface area contributed by atoms with E-state index < -0.39 is 0 Å². The highest BCUT2D eigenvalue weighted by atomic mass is 16.2. The van der Waals surface area contributed by atoms with Gasteiger partial charge in [-0.25, -0.2) is 10.9 Å². The summed E-state index contributed by atoms with van der Waals surface area (Å²) in [4.78, 5) is 15.0. The first-order valence-corrected chi connectivity index (χ1v) is 9.07. The smallest absolute Gasteiger partial charge is 0.245 e. The Bertz CT molecular complexity index is 822. The fraction of sp³-hybridized carbons (Fsp3) is 0.350. The first-order chi connectivity index (χ1) is 12.6. The molecule has 1 amide bonds. The van der Waals surface area contributed by atoms with Crippen LogP contribution in [0.15, 0.2) is 42.5 Å². The van der Waals surface area contributed by atoms with Gasteiger partial charge in [0, 0.05) is 18.8 Å². The number of nitrogens with zero attached hydrogens (tertiary/aromatic N) is 1. The largest absolute Gasteiger partial charge is 0.367 e. The van der Waals surface area contributed by atoms with Crippen LogP contribution in [0.5, 0.6) is 0 Å². The zero-order chi connectivity index (χ0) is 18.1. The summed E-state index contributed by atoms with van der Waals surface area (Å²) in [5.41, 5.74) is 15.1. The highest BCUT2D eigenvalue weighted by molar-refractivity contribution is 5.83. The third-order valence-electron chi connectivity index (χ3n) is 5.33. The molecule has 2 aromatic carbocycles. The zero-order valence-electron chi connectivity index (χ0n) is 15.2. The maximum atomic E-state index is 13.1. The normalized spacial score (nSPS) is 22.2. The molecule has 2 aliphatic rings. The summed E-state index contributed by atoms with van der Waals surface area (Å²) in [5.74, 6) is 0.0957. The van der Waals surface area contributed by atoms with E-state index in [9.17, 15) is 4.79 Å². The summed E-state index contributed by atoms with van der Waals surface area (Å²) in [6.07, 6.45) is 0.687. The molecule has 2 atom stereocenters. The van der Waals surface area contributed by atoms with Crippen molar-refractivity contribution in [2.24, 2.45) is 0 Å². The molecule has 1 saturated heterocycles. The molecule has 0 bridgehead atoms. The number of carbonyl (C=O) groups is 1. The summed E-state index contributed by atoms with van der Waals surface area (Å²) in [6.45, 7) is 5.61. The van der Waals surface area contributed by atoms with Crippen molar-refractivity contribution in [2.45, 2.75) is 39.0 Å². The van der Waals surface area contributed by atoms with E-state index in [1.807, 2.05) is 17.0 Å². The van der Waals surface area contributed by atoms with Crippen LogP contribution in [0, 0.1) is 13.8 Å². The first kappa shape index (κ1) is 17.0. The van der Waals surface area contributed by atoms with Crippen molar-refractivity contribution in [2.75, 3.05) is 11.9 Å². The molecule has 1 fully saturated rings. The molecule has 136 valence electrons. The molecule has 6 nitrogen and oxygen atoms in total. The molecular formula is C20H25N5O. The molecule has 4 rings (SSSR count). The molecule has 0 saturated carbocycles. The second-order valence-electron chi connectivity index (χ2n) is 7.09. The van der Waals surface area contributed by atoms with Gasteiger partial charge in [0.15, 0.2) is 0 Å². The summed E-state index contributed by atoms with van der Waals surface area (Å²) in [5, 5.41) is 3.41. The average Bonchev–Trinajstić information content (AvgIpc) is 3.12. The van der Waals surface area contributed by atoms with Gasteiger partial charge in [0.05, 0.1) is 0 Å². The number of amides is 1. The molecule has 0 spiro atoms. The van der Waals surface area contributed by atoms with Crippen LogP contribution in [0.25, 0.3) is 0 Å². The standard InChI is InChI=1S/C20H25N5O/c1-13-7-8-17(11-14(13)2)21-19-18(22-24-23-19)20(26)25-10-9-15-5-3-4-6-16(15)12-25/h3-8,11,18-19,21-24H,9-10,12H2,1-2H3. The van der Waals surface area contributed by atoms with Crippen molar-refractivity contribution >= 4 is 11.6 Å². The summed E-state index contributed by atoms with van der Waals surface area (Å²) in [6, 6.07) is 14.2. The highest BCUT2D eigenvalue weighted by Crippen LogP contribution is 2.21. The Labute approximate surface area is 153 Å². The number of hydrazine groups is 2. The van der Waals surface area contributed by atoms with Crippen molar-refractivity contribution in [1.82, 2.24) is 21.3 Å². The molecule has 0 aliphatic carbocycles. The van der Waals surface area contributed by atoms with E-state index in [2.05, 4.69) is 65.9 Å². The zero-order valence-corrected chi connectivity index (χ0v) is 15.2. The number of rotatable bonds is 3. The lowest BCUT2D eigenvalue weighted by Gasteiger charge is -2.32. The van der Waals surface area contributed by atoms with Crippen LogP contribution in [0.2, 0.25) is 0 Å². The van der Waals surface area contributed by atoms with E-state index in [1.54, 1.807) is 0 Å². The van der Waals surface area contributed by atoms with E-state index in [1.165, 1.54) is 22.3 Å². The third-order valence-corrected chi connectivity index (χ3v) is 5.33. The molecule has 2 heterocycles. The lowest BCUT2D eigenvalue weighted by atomic mass is 9.99. The van der Waals surface area contributed by atoms with Crippen LogP contribution < -0.4 is 21.7 Å². The molecule has 2 aliphatic heterocycles. The van der Waals surface area contributed by atoms with Gasteiger partial charge >= 0.3 is 0 Å². The van der Waals surface area contributed by atoms with E-state index >= 15 is 0 Å². The fourth-order valence-corrected chi connectivity index (χ4v) is 3.58. The van der Waals surface area contributed by atoms with Crippen molar-refractivity contribution in [1.29, 1.82) is 0 Å². The number of benzene rings is 2. The van der Waals surface area contributed by atoms with E-state index in [0.717, 1.165) is 18.7 Å². The van der Waals surface area contributed by atoms with Crippen LogP contribution in [0.4, 0.5) is 5.69 Å². The maximum Gasteiger partial charge on any atom is 0.245 e. The summed E-state index contributed by atoms with van der Waals surface area (Å²) in [7, 11) is 0. The second kappa shape index (κ2) is 7.07. The predicted molar refractivity (Wildman–Crippen MR) is 102 cm³/mol. The van der Waals surface area contributed by atoms with Crippen molar-refractivity contribution in [3.05, 3.63) is 64.7 Å². The van der Waals surface area contributed by atoms with Gasteiger partial charge in [-0.15, -0.1) is 0 Å². The minimum absolute atomic E-state index is 0.0957. The van der Waals surface area contributed by atoms with Gasteiger partial charge in [0.2, 0.25) is 5.91 Å². The number of anilines is 1. The SMILES string of the molecule is Cc1ccc(NC2NNNC2C(=O)N2CCc3ccccc3C2)cc1C. The lowest BCUT2D eigenvalue weighted by molar-refractivity contribution is -0.134. The number of hydrogen-bond donors (Lipinski definition) is 4. The van der Waals surface area contributed by atoms with E-state index in [0.29, 0.717) is 6.54 Å². The van der Waals surface area contributed by atoms with E-state index in [-0.39, 0.29) is 18.1 Å². The Balaban J connectivity index is 1.46. The highest BCUT2D eigenvalue weighted by Gasteiger charge is 2.36. The van der Waals surface area contributed by atoms with Gasteiger partial charge in [0.1, 0.15) is 12.2 Å². The monoisotopic (exact) mass is 351 g/mol. The van der Waals surface area contributed by atoms with Gasteiger partial charge in [-0.2, -0.15) is 5.53 Å². The molecule has 26 heavy (non-hydrogen) atoms. The van der Waals surface area contributed by atoms with Crippen molar-refractivity contribution < 1.29 is 4.79 Å². The Morgan fingerprint density at radius 3 is 2.69 bits per heavy atom. The van der Waals surface area contributed by atoms with Crippen LogP contribution in [0.1, 0.15) is 22.3 Å². The van der Waals surface area contributed by atoms with Crippen molar-refractivity contribution in [3.8, 4) is 0 Å². The Hall–Kier alpha value is -2.41. The molecule has 2 unspecified atom stereocenters. The first-order valence-electron chi connectivity index (χ1n) is 9.07. The molecule has 4 N–H and O–H groups in total. The quantitative estimate of drug-likeness (QED) is 0.676. The average molecular weight is 351 g/mol.